The van der Waals surface area contributed by atoms with E-state index in [9.17, 15) is 13.8 Å². The van der Waals surface area contributed by atoms with Gasteiger partial charge in [-0.3, -0.25) is 4.21 Å². The Labute approximate surface area is 121 Å². The van der Waals surface area contributed by atoms with Gasteiger partial charge in [-0.1, -0.05) is 0 Å². The fourth-order valence-electron chi connectivity index (χ4n) is 1.22. The van der Waals surface area contributed by atoms with Crippen molar-refractivity contribution in [2.75, 3.05) is 23.9 Å². The van der Waals surface area contributed by atoms with Crippen molar-refractivity contribution in [2.24, 2.45) is 0 Å². The van der Waals surface area contributed by atoms with Crippen molar-refractivity contribution in [1.82, 2.24) is 5.32 Å². The number of halogens is 1. The molecular weight excluding hydrogens is 336 g/mol. The van der Waals surface area contributed by atoms with Crippen molar-refractivity contribution < 1.29 is 18.9 Å². The molecule has 19 heavy (non-hydrogen) atoms. The van der Waals surface area contributed by atoms with Crippen LogP contribution in [0.4, 0.5) is 10.5 Å². The Morgan fingerprint density at radius 1 is 1.42 bits per heavy atom. The second kappa shape index (κ2) is 7.25. The van der Waals surface area contributed by atoms with Crippen molar-refractivity contribution in [3.8, 4) is 0 Å². The number of carbonyl (C=O) groups excluding carboxylic acids is 1. The van der Waals surface area contributed by atoms with Gasteiger partial charge >= 0.3 is 12.0 Å². The monoisotopic (exact) mass is 348 g/mol. The van der Waals surface area contributed by atoms with Crippen LogP contribution in [0.5, 0.6) is 0 Å². The highest BCUT2D eigenvalue weighted by atomic mass is 79.9. The lowest BCUT2D eigenvalue weighted by Gasteiger charge is -2.09. The number of carboxylic acids is 1. The van der Waals surface area contributed by atoms with E-state index in [2.05, 4.69) is 26.6 Å². The normalized spacial score (nSPS) is 11.7. The number of hydrogen-bond acceptors (Lipinski definition) is 3. The fraction of sp³-hybridized carbons (Fsp3) is 0.273. The quantitative estimate of drug-likeness (QED) is 0.753. The summed E-state index contributed by atoms with van der Waals surface area (Å²) in [5, 5.41) is 13.9. The van der Waals surface area contributed by atoms with Crippen LogP contribution in [-0.2, 0) is 10.8 Å². The third-order valence-electron chi connectivity index (χ3n) is 2.14. The number of hydrogen-bond donors (Lipinski definition) is 3. The highest BCUT2D eigenvalue weighted by Crippen LogP contribution is 2.23. The van der Waals surface area contributed by atoms with E-state index in [4.69, 9.17) is 5.11 Å². The minimum atomic E-state index is -1.04. The maximum absolute atomic E-state index is 11.5. The second-order valence-electron chi connectivity index (χ2n) is 3.66. The van der Waals surface area contributed by atoms with Crippen LogP contribution < -0.4 is 10.6 Å². The molecule has 1 unspecified atom stereocenters. The summed E-state index contributed by atoms with van der Waals surface area (Å²) in [7, 11) is -0.958. The predicted octanol–water partition coefficient (Wildman–Crippen LogP) is 1.65. The van der Waals surface area contributed by atoms with Crippen molar-refractivity contribution >= 4 is 44.4 Å². The van der Waals surface area contributed by atoms with Gasteiger partial charge in [-0.05, 0) is 34.1 Å². The lowest BCUT2D eigenvalue weighted by molar-refractivity contribution is 0.0697. The first-order valence-corrected chi connectivity index (χ1v) is 7.80. The molecule has 1 rings (SSSR count). The molecule has 0 saturated carbocycles. The van der Waals surface area contributed by atoms with Crippen LogP contribution in [0.15, 0.2) is 22.7 Å². The average molecular weight is 349 g/mol. The first-order valence-electron chi connectivity index (χ1n) is 5.28. The zero-order valence-corrected chi connectivity index (χ0v) is 12.5. The summed E-state index contributed by atoms with van der Waals surface area (Å²) in [6.45, 7) is 0.305. The van der Waals surface area contributed by atoms with Gasteiger partial charge in [-0.2, -0.15) is 0 Å². The van der Waals surface area contributed by atoms with Gasteiger partial charge in [0.25, 0.3) is 0 Å². The number of carbonyl (C=O) groups is 2. The van der Waals surface area contributed by atoms with Gasteiger partial charge in [0.1, 0.15) is 0 Å². The number of carboxylic acid groups (broad SMARTS) is 1. The molecule has 2 amide bonds. The number of benzene rings is 1. The predicted molar refractivity (Wildman–Crippen MR) is 77.1 cm³/mol. The highest BCUT2D eigenvalue weighted by molar-refractivity contribution is 9.10. The van der Waals surface area contributed by atoms with Gasteiger partial charge in [0, 0.05) is 33.8 Å². The Bertz CT molecular complexity index is 521. The van der Waals surface area contributed by atoms with Crippen molar-refractivity contribution in [1.29, 1.82) is 0 Å². The molecule has 0 aliphatic carbocycles. The molecular formula is C11H13BrN2O4S. The van der Waals surface area contributed by atoms with Gasteiger partial charge in [0.15, 0.2) is 0 Å². The number of urea groups is 1. The largest absolute Gasteiger partial charge is 0.478 e. The second-order valence-corrected chi connectivity index (χ2v) is 6.07. The Morgan fingerprint density at radius 3 is 2.63 bits per heavy atom. The molecule has 0 aliphatic rings. The molecule has 0 aromatic heterocycles. The Hall–Kier alpha value is -1.41. The lowest BCUT2D eigenvalue weighted by atomic mass is 10.2. The molecule has 1 aromatic rings. The van der Waals surface area contributed by atoms with Crippen LogP contribution in [-0.4, -0.2) is 39.9 Å². The van der Waals surface area contributed by atoms with Crippen LogP contribution in [0.25, 0.3) is 0 Å². The van der Waals surface area contributed by atoms with Crippen molar-refractivity contribution in [3.05, 3.63) is 28.2 Å². The highest BCUT2D eigenvalue weighted by Gasteiger charge is 2.09. The summed E-state index contributed by atoms with van der Waals surface area (Å²) in [5.74, 6) is -0.658. The topological polar surface area (TPSA) is 95.5 Å². The van der Waals surface area contributed by atoms with E-state index in [-0.39, 0.29) is 5.56 Å². The molecule has 8 heteroatoms. The summed E-state index contributed by atoms with van der Waals surface area (Å²) in [5.41, 5.74) is 0.583. The standard InChI is InChI=1S/C11H13BrN2O4S/c1-19(18)5-4-13-11(17)14-9-3-2-7(10(15)16)6-8(9)12/h2-3,6H,4-5H2,1H3,(H,15,16)(H2,13,14,17). The third kappa shape index (κ3) is 5.39. The molecule has 0 saturated heterocycles. The molecule has 1 atom stereocenters. The van der Waals surface area contributed by atoms with Gasteiger partial charge in [0.2, 0.25) is 0 Å². The van der Waals surface area contributed by atoms with E-state index in [1.165, 1.54) is 18.2 Å². The Kier molecular flexibility index (Phi) is 5.97. The molecule has 0 spiro atoms. The molecule has 104 valence electrons. The van der Waals surface area contributed by atoms with Gasteiger partial charge < -0.3 is 15.7 Å². The molecule has 3 N–H and O–H groups in total. The number of rotatable bonds is 5. The molecule has 0 fully saturated rings. The van der Waals surface area contributed by atoms with Crippen LogP contribution >= 0.6 is 15.9 Å². The van der Waals surface area contributed by atoms with Crippen LogP contribution in [0, 0.1) is 0 Å². The smallest absolute Gasteiger partial charge is 0.335 e. The third-order valence-corrected chi connectivity index (χ3v) is 3.57. The zero-order chi connectivity index (χ0) is 14.4. The fourth-order valence-corrected chi connectivity index (χ4v) is 2.09. The van der Waals surface area contributed by atoms with E-state index < -0.39 is 22.8 Å². The summed E-state index contributed by atoms with van der Waals surface area (Å²) in [6.07, 6.45) is 1.56. The minimum Gasteiger partial charge on any atom is -0.478 e. The van der Waals surface area contributed by atoms with Gasteiger partial charge in [0.05, 0.1) is 11.3 Å². The summed E-state index contributed by atoms with van der Waals surface area (Å²) >= 11 is 3.18. The maximum Gasteiger partial charge on any atom is 0.335 e. The summed E-state index contributed by atoms with van der Waals surface area (Å²) in [6, 6.07) is 3.85. The van der Waals surface area contributed by atoms with E-state index in [0.29, 0.717) is 22.5 Å². The molecule has 0 radical (unpaired) electrons. The lowest BCUT2D eigenvalue weighted by Crippen LogP contribution is -2.31. The number of aromatic carboxylic acids is 1. The number of nitrogens with one attached hydrogen (secondary N) is 2. The number of anilines is 1. The molecule has 6 nitrogen and oxygen atoms in total. The van der Waals surface area contributed by atoms with E-state index >= 15 is 0 Å². The zero-order valence-electron chi connectivity index (χ0n) is 10.1. The van der Waals surface area contributed by atoms with Crippen LogP contribution in [0.3, 0.4) is 0 Å². The average Bonchev–Trinajstić information content (AvgIpc) is 2.31. The molecule has 0 heterocycles. The van der Waals surface area contributed by atoms with Gasteiger partial charge in [-0.15, -0.1) is 0 Å². The van der Waals surface area contributed by atoms with Crippen LogP contribution in [0.2, 0.25) is 0 Å². The molecule has 1 aromatic carbocycles. The van der Waals surface area contributed by atoms with Gasteiger partial charge in [-0.25, -0.2) is 9.59 Å². The van der Waals surface area contributed by atoms with Crippen LogP contribution in [0.1, 0.15) is 10.4 Å². The first-order chi connectivity index (χ1) is 8.90. The van der Waals surface area contributed by atoms with Crippen molar-refractivity contribution in [3.63, 3.8) is 0 Å². The number of amides is 2. The SMILES string of the molecule is CS(=O)CCNC(=O)Nc1ccc(C(=O)O)cc1Br. The van der Waals surface area contributed by atoms with E-state index in [0.717, 1.165) is 0 Å². The van der Waals surface area contributed by atoms with E-state index in [1.807, 2.05) is 0 Å². The van der Waals surface area contributed by atoms with Crippen molar-refractivity contribution in [2.45, 2.75) is 0 Å². The Morgan fingerprint density at radius 2 is 2.11 bits per heavy atom. The maximum atomic E-state index is 11.5. The molecule has 0 aliphatic heterocycles. The summed E-state index contributed by atoms with van der Waals surface area (Å²) < 4.78 is 11.3. The first kappa shape index (κ1) is 15.6. The minimum absolute atomic E-state index is 0.124. The summed E-state index contributed by atoms with van der Waals surface area (Å²) in [4.78, 5) is 22.2. The van der Waals surface area contributed by atoms with E-state index in [1.54, 1.807) is 6.26 Å². The molecule has 0 bridgehead atoms. The Balaban J connectivity index is 2.59.